The Bertz CT molecular complexity index is 448. The maximum Gasteiger partial charge on any atom is 0.131 e. The second kappa shape index (κ2) is 3.43. The lowest BCUT2D eigenvalue weighted by Crippen LogP contribution is -1.93. The van der Waals surface area contributed by atoms with Gasteiger partial charge in [0.25, 0.3) is 0 Å². The number of rotatable bonds is 2. The van der Waals surface area contributed by atoms with Gasteiger partial charge in [-0.05, 0) is 30.7 Å². The molecule has 0 saturated heterocycles. The minimum Gasteiger partial charge on any atom is -0.465 e. The quantitative estimate of drug-likeness (QED) is 0.783. The first-order valence-electron chi connectivity index (χ1n) is 4.40. The van der Waals surface area contributed by atoms with Crippen LogP contribution in [-0.4, -0.2) is 4.98 Å². The minimum absolute atomic E-state index is 0.310. The molecule has 0 radical (unpaired) electrons. The molecule has 2 aromatic heterocycles. The molecule has 0 saturated carbocycles. The normalized spacial score (nSPS) is 12.3. The Morgan fingerprint density at radius 3 is 2.79 bits per heavy atom. The van der Waals surface area contributed by atoms with Crippen LogP contribution in [0.2, 0.25) is 0 Å². The van der Waals surface area contributed by atoms with Crippen molar-refractivity contribution in [3.8, 4) is 6.07 Å². The van der Waals surface area contributed by atoms with Gasteiger partial charge >= 0.3 is 0 Å². The van der Waals surface area contributed by atoms with Crippen LogP contribution < -0.4 is 0 Å². The predicted molar refractivity (Wildman–Crippen MR) is 51.7 cm³/mol. The Kier molecular flexibility index (Phi) is 2.11. The number of hydrogen-bond donors (Lipinski definition) is 1. The molecular formula is C11H10N2O. The number of H-pyrrole nitrogens is 1. The highest BCUT2D eigenvalue weighted by Gasteiger charge is 2.16. The molecule has 3 heteroatoms. The Labute approximate surface area is 82.0 Å². The van der Waals surface area contributed by atoms with Gasteiger partial charge in [0.2, 0.25) is 0 Å². The zero-order chi connectivity index (χ0) is 9.97. The molecule has 0 amide bonds. The fourth-order valence-corrected chi connectivity index (χ4v) is 1.43. The molecule has 2 aromatic rings. The summed E-state index contributed by atoms with van der Waals surface area (Å²) in [5.41, 5.74) is 0.932. The van der Waals surface area contributed by atoms with Gasteiger partial charge in [-0.25, -0.2) is 0 Å². The number of aromatic amines is 1. The highest BCUT2D eigenvalue weighted by Crippen LogP contribution is 2.24. The average molecular weight is 186 g/mol. The van der Waals surface area contributed by atoms with E-state index in [1.165, 1.54) is 0 Å². The monoisotopic (exact) mass is 186 g/mol. The average Bonchev–Trinajstić information content (AvgIpc) is 2.79. The van der Waals surface area contributed by atoms with Crippen molar-refractivity contribution in [2.45, 2.75) is 12.8 Å². The summed E-state index contributed by atoms with van der Waals surface area (Å²) in [5, 5.41) is 9.04. The van der Waals surface area contributed by atoms with Gasteiger partial charge in [-0.1, -0.05) is 0 Å². The number of nitrogens with zero attached hydrogens (tertiary/aromatic N) is 1. The van der Waals surface area contributed by atoms with Crippen LogP contribution in [0, 0.1) is 18.3 Å². The lowest BCUT2D eigenvalue weighted by Gasteiger charge is -2.01. The van der Waals surface area contributed by atoms with E-state index in [1.807, 2.05) is 31.3 Å². The van der Waals surface area contributed by atoms with Crippen LogP contribution in [-0.2, 0) is 0 Å². The Morgan fingerprint density at radius 1 is 1.43 bits per heavy atom. The van der Waals surface area contributed by atoms with Crippen LogP contribution in [0.5, 0.6) is 0 Å². The first-order chi connectivity index (χ1) is 6.81. The first kappa shape index (κ1) is 8.64. The van der Waals surface area contributed by atoms with Gasteiger partial charge in [0.1, 0.15) is 17.4 Å². The third-order valence-corrected chi connectivity index (χ3v) is 2.13. The van der Waals surface area contributed by atoms with Crippen LogP contribution in [0.25, 0.3) is 0 Å². The summed E-state index contributed by atoms with van der Waals surface area (Å²) in [7, 11) is 0. The van der Waals surface area contributed by atoms with Crippen LogP contribution in [0.15, 0.2) is 35.0 Å². The molecular weight excluding hydrogens is 176 g/mol. The largest absolute Gasteiger partial charge is 0.465 e. The van der Waals surface area contributed by atoms with Gasteiger partial charge in [-0.2, -0.15) is 5.26 Å². The summed E-state index contributed by atoms with van der Waals surface area (Å²) in [6.07, 6.45) is 3.61. The van der Waals surface area contributed by atoms with Crippen molar-refractivity contribution in [2.24, 2.45) is 0 Å². The van der Waals surface area contributed by atoms with Gasteiger partial charge in [0.15, 0.2) is 0 Å². The van der Waals surface area contributed by atoms with Crippen LogP contribution in [0.3, 0.4) is 0 Å². The summed E-state index contributed by atoms with van der Waals surface area (Å²) in [5.74, 6) is 1.22. The summed E-state index contributed by atoms with van der Waals surface area (Å²) in [6, 6.07) is 7.81. The van der Waals surface area contributed by atoms with E-state index in [0.717, 1.165) is 11.3 Å². The maximum atomic E-state index is 9.04. The van der Waals surface area contributed by atoms with E-state index in [9.17, 15) is 0 Å². The molecule has 0 fully saturated rings. The Hall–Kier alpha value is -1.95. The topological polar surface area (TPSA) is 52.7 Å². The van der Waals surface area contributed by atoms with E-state index in [1.54, 1.807) is 6.20 Å². The van der Waals surface area contributed by atoms with E-state index in [2.05, 4.69) is 11.1 Å². The first-order valence-corrected chi connectivity index (χ1v) is 4.40. The molecule has 0 aliphatic heterocycles. The van der Waals surface area contributed by atoms with Gasteiger partial charge in [0.05, 0.1) is 6.07 Å². The standard InChI is InChI=1S/C11H10N2O/c1-8-2-3-11(14-8)10(6-12)9-4-5-13-7-9/h2-5,7,10,13H,1H3. The third-order valence-electron chi connectivity index (χ3n) is 2.13. The summed E-state index contributed by atoms with van der Waals surface area (Å²) in [4.78, 5) is 2.93. The molecule has 0 bridgehead atoms. The fraction of sp³-hybridized carbons (Fsp3) is 0.182. The summed E-state index contributed by atoms with van der Waals surface area (Å²) >= 11 is 0. The second-order valence-corrected chi connectivity index (χ2v) is 3.15. The molecule has 2 heterocycles. The molecule has 70 valence electrons. The summed E-state index contributed by atoms with van der Waals surface area (Å²) < 4.78 is 5.42. The minimum atomic E-state index is -0.310. The molecule has 1 N–H and O–H groups in total. The number of nitriles is 1. The van der Waals surface area contributed by atoms with Crippen LogP contribution >= 0.6 is 0 Å². The van der Waals surface area contributed by atoms with Crippen molar-refractivity contribution in [3.05, 3.63) is 47.7 Å². The Morgan fingerprint density at radius 2 is 2.29 bits per heavy atom. The lowest BCUT2D eigenvalue weighted by molar-refractivity contribution is 0.482. The molecule has 14 heavy (non-hydrogen) atoms. The van der Waals surface area contributed by atoms with E-state index in [0.29, 0.717) is 5.76 Å². The molecule has 0 spiro atoms. The molecule has 0 aliphatic carbocycles. The zero-order valence-electron chi connectivity index (χ0n) is 7.82. The van der Waals surface area contributed by atoms with Gasteiger partial charge in [0, 0.05) is 12.4 Å². The van der Waals surface area contributed by atoms with Gasteiger partial charge in [-0.15, -0.1) is 0 Å². The third kappa shape index (κ3) is 1.42. The second-order valence-electron chi connectivity index (χ2n) is 3.15. The van der Waals surface area contributed by atoms with Crippen LogP contribution in [0.1, 0.15) is 23.0 Å². The van der Waals surface area contributed by atoms with Crippen molar-refractivity contribution < 1.29 is 4.42 Å². The van der Waals surface area contributed by atoms with Crippen molar-refractivity contribution >= 4 is 0 Å². The van der Waals surface area contributed by atoms with Crippen molar-refractivity contribution in [1.82, 2.24) is 4.98 Å². The molecule has 2 rings (SSSR count). The van der Waals surface area contributed by atoms with Gasteiger partial charge in [-0.3, -0.25) is 0 Å². The SMILES string of the molecule is Cc1ccc(C(C#N)c2cc[nH]c2)o1. The number of hydrogen-bond acceptors (Lipinski definition) is 2. The molecule has 0 aromatic carbocycles. The Balaban J connectivity index is 2.37. The summed E-state index contributed by atoms with van der Waals surface area (Å²) in [6.45, 7) is 1.87. The van der Waals surface area contributed by atoms with E-state index < -0.39 is 0 Å². The van der Waals surface area contributed by atoms with Crippen molar-refractivity contribution in [2.75, 3.05) is 0 Å². The number of nitrogens with one attached hydrogen (secondary N) is 1. The van der Waals surface area contributed by atoms with E-state index in [-0.39, 0.29) is 5.92 Å². The highest BCUT2D eigenvalue weighted by molar-refractivity contribution is 5.32. The van der Waals surface area contributed by atoms with Crippen molar-refractivity contribution in [3.63, 3.8) is 0 Å². The molecule has 1 unspecified atom stereocenters. The molecule has 0 aliphatic rings. The maximum absolute atomic E-state index is 9.04. The number of aryl methyl sites for hydroxylation is 1. The predicted octanol–water partition coefficient (Wildman–Crippen LogP) is 2.57. The molecule has 1 atom stereocenters. The smallest absolute Gasteiger partial charge is 0.131 e. The lowest BCUT2D eigenvalue weighted by atomic mass is 10.0. The van der Waals surface area contributed by atoms with Crippen molar-refractivity contribution in [1.29, 1.82) is 5.26 Å². The fourth-order valence-electron chi connectivity index (χ4n) is 1.43. The number of aromatic nitrogens is 1. The highest BCUT2D eigenvalue weighted by atomic mass is 16.3. The van der Waals surface area contributed by atoms with E-state index >= 15 is 0 Å². The van der Waals surface area contributed by atoms with Crippen LogP contribution in [0.4, 0.5) is 0 Å². The molecule has 3 nitrogen and oxygen atoms in total. The zero-order valence-corrected chi connectivity index (χ0v) is 7.82. The van der Waals surface area contributed by atoms with E-state index in [4.69, 9.17) is 9.68 Å². The number of furan rings is 1. The van der Waals surface area contributed by atoms with Gasteiger partial charge < -0.3 is 9.40 Å².